The van der Waals surface area contributed by atoms with Crippen molar-refractivity contribution in [2.45, 2.75) is 13.3 Å². The fourth-order valence-electron chi connectivity index (χ4n) is 1.63. The molecule has 0 unspecified atom stereocenters. The molecule has 0 spiro atoms. The monoisotopic (exact) mass is 284 g/mol. The summed E-state index contributed by atoms with van der Waals surface area (Å²) in [5, 5.41) is 1.35. The van der Waals surface area contributed by atoms with Crippen LogP contribution in [-0.2, 0) is 16.0 Å². The van der Waals surface area contributed by atoms with Gasteiger partial charge in [0.2, 0.25) is 0 Å². The second-order valence-electron chi connectivity index (χ2n) is 3.59. The number of halogens is 2. The maximum Gasteiger partial charge on any atom is 0.310 e. The van der Waals surface area contributed by atoms with Crippen molar-refractivity contribution < 1.29 is 9.53 Å². The molecule has 0 aliphatic rings. The maximum atomic E-state index is 11.5. The van der Waals surface area contributed by atoms with Gasteiger partial charge >= 0.3 is 5.97 Å². The lowest BCUT2D eigenvalue weighted by Crippen LogP contribution is -2.08. The Morgan fingerprint density at radius 3 is 2.72 bits per heavy atom. The highest BCUT2D eigenvalue weighted by molar-refractivity contribution is 6.30. The van der Waals surface area contributed by atoms with Crippen LogP contribution in [0.5, 0.6) is 0 Å². The van der Waals surface area contributed by atoms with Crippen LogP contribution in [0.4, 0.5) is 0 Å². The van der Waals surface area contributed by atoms with E-state index in [0.717, 1.165) is 10.9 Å². The summed E-state index contributed by atoms with van der Waals surface area (Å²) in [5.41, 5.74) is 1.15. The standard InChI is InChI=1S/C12H10Cl2N2O2/c1-2-18-11(17)6-7-5-10(14)16-12-8(7)3-4-9(13)15-12/h3-5H,2,6H2,1H3. The van der Waals surface area contributed by atoms with Crippen LogP contribution in [0, 0.1) is 0 Å². The number of rotatable bonds is 3. The van der Waals surface area contributed by atoms with E-state index in [1.54, 1.807) is 25.1 Å². The summed E-state index contributed by atoms with van der Waals surface area (Å²) in [5.74, 6) is -0.309. The Hall–Kier alpha value is -1.39. The second-order valence-corrected chi connectivity index (χ2v) is 4.37. The lowest BCUT2D eigenvalue weighted by atomic mass is 10.1. The van der Waals surface area contributed by atoms with Crippen LogP contribution in [0.25, 0.3) is 11.0 Å². The quantitative estimate of drug-likeness (QED) is 0.642. The Morgan fingerprint density at radius 1 is 1.28 bits per heavy atom. The third-order valence-electron chi connectivity index (χ3n) is 2.33. The predicted molar refractivity (Wildman–Crippen MR) is 69.9 cm³/mol. The fourth-order valence-corrected chi connectivity index (χ4v) is 1.98. The molecule has 94 valence electrons. The van der Waals surface area contributed by atoms with E-state index in [1.807, 2.05) is 0 Å². The van der Waals surface area contributed by atoms with Crippen LogP contribution in [0.3, 0.4) is 0 Å². The first kappa shape index (κ1) is 13.1. The summed E-state index contributed by atoms with van der Waals surface area (Å²) >= 11 is 11.7. The van der Waals surface area contributed by atoms with Crippen LogP contribution < -0.4 is 0 Å². The molecule has 0 saturated heterocycles. The zero-order valence-electron chi connectivity index (χ0n) is 9.61. The molecule has 4 nitrogen and oxygen atoms in total. The van der Waals surface area contributed by atoms with E-state index in [4.69, 9.17) is 27.9 Å². The number of esters is 1. The van der Waals surface area contributed by atoms with Crippen molar-refractivity contribution in [2.24, 2.45) is 0 Å². The van der Waals surface area contributed by atoms with Crippen molar-refractivity contribution in [2.75, 3.05) is 6.61 Å². The van der Waals surface area contributed by atoms with E-state index >= 15 is 0 Å². The predicted octanol–water partition coefficient (Wildman–Crippen LogP) is 3.04. The largest absolute Gasteiger partial charge is 0.466 e. The molecule has 0 radical (unpaired) electrons. The van der Waals surface area contributed by atoms with Crippen LogP contribution in [-0.4, -0.2) is 22.5 Å². The topological polar surface area (TPSA) is 52.1 Å². The van der Waals surface area contributed by atoms with Crippen molar-refractivity contribution in [3.8, 4) is 0 Å². The molecule has 2 rings (SSSR count). The third kappa shape index (κ3) is 2.89. The van der Waals surface area contributed by atoms with Crippen LogP contribution >= 0.6 is 23.2 Å². The van der Waals surface area contributed by atoms with Gasteiger partial charge in [-0.2, -0.15) is 0 Å². The number of fused-ring (bicyclic) bond motifs is 1. The number of nitrogens with zero attached hydrogens (tertiary/aromatic N) is 2. The molecule has 6 heteroatoms. The molecular formula is C12H10Cl2N2O2. The number of carbonyl (C=O) groups is 1. The average Bonchev–Trinajstić information content (AvgIpc) is 2.28. The molecule has 2 aromatic heterocycles. The first-order valence-corrected chi connectivity index (χ1v) is 6.13. The third-order valence-corrected chi connectivity index (χ3v) is 2.74. The first-order chi connectivity index (χ1) is 8.60. The molecule has 0 amide bonds. The molecule has 0 aliphatic heterocycles. The minimum atomic E-state index is -0.309. The molecule has 0 fully saturated rings. The van der Waals surface area contributed by atoms with Crippen LogP contribution in [0.15, 0.2) is 18.2 Å². The number of pyridine rings is 2. The van der Waals surface area contributed by atoms with Gasteiger partial charge in [0.25, 0.3) is 0 Å². The molecule has 2 heterocycles. The van der Waals surface area contributed by atoms with Gasteiger partial charge in [0.1, 0.15) is 10.3 Å². The van der Waals surface area contributed by atoms with Crippen LogP contribution in [0.1, 0.15) is 12.5 Å². The van der Waals surface area contributed by atoms with Gasteiger partial charge in [-0.15, -0.1) is 0 Å². The Morgan fingerprint density at radius 2 is 2.00 bits per heavy atom. The fraction of sp³-hybridized carbons (Fsp3) is 0.250. The molecule has 18 heavy (non-hydrogen) atoms. The van der Waals surface area contributed by atoms with Gasteiger partial charge in [0.15, 0.2) is 5.65 Å². The second kappa shape index (κ2) is 5.50. The zero-order valence-corrected chi connectivity index (χ0v) is 11.1. The van der Waals surface area contributed by atoms with Crippen LogP contribution in [0.2, 0.25) is 10.3 Å². The van der Waals surface area contributed by atoms with E-state index in [1.165, 1.54) is 0 Å². The first-order valence-electron chi connectivity index (χ1n) is 5.37. The highest BCUT2D eigenvalue weighted by Gasteiger charge is 2.11. The summed E-state index contributed by atoms with van der Waals surface area (Å²) in [7, 11) is 0. The smallest absolute Gasteiger partial charge is 0.310 e. The minimum Gasteiger partial charge on any atom is -0.466 e. The molecule has 2 aromatic rings. The number of hydrogen-bond donors (Lipinski definition) is 0. The molecule has 0 bridgehead atoms. The number of aromatic nitrogens is 2. The van der Waals surface area contributed by atoms with Crippen molar-refractivity contribution in [1.29, 1.82) is 0 Å². The van der Waals surface area contributed by atoms with E-state index in [0.29, 0.717) is 17.4 Å². The van der Waals surface area contributed by atoms with Gasteiger partial charge in [-0.3, -0.25) is 4.79 Å². The Bertz CT molecular complexity index is 597. The van der Waals surface area contributed by atoms with Gasteiger partial charge in [-0.05, 0) is 30.7 Å². The SMILES string of the molecule is CCOC(=O)Cc1cc(Cl)nc2nc(Cl)ccc12. The Kier molecular flexibility index (Phi) is 3.99. The summed E-state index contributed by atoms with van der Waals surface area (Å²) in [6, 6.07) is 5.05. The Balaban J connectivity index is 2.46. The Labute approximate surface area is 114 Å². The van der Waals surface area contributed by atoms with E-state index in [9.17, 15) is 4.79 Å². The molecular weight excluding hydrogens is 275 g/mol. The van der Waals surface area contributed by atoms with Crippen molar-refractivity contribution in [3.63, 3.8) is 0 Å². The summed E-state index contributed by atoms with van der Waals surface area (Å²) in [6.45, 7) is 2.11. The highest BCUT2D eigenvalue weighted by atomic mass is 35.5. The van der Waals surface area contributed by atoms with Gasteiger partial charge < -0.3 is 4.74 Å². The molecule has 0 N–H and O–H groups in total. The molecule has 0 saturated carbocycles. The van der Waals surface area contributed by atoms with Gasteiger partial charge in [-0.1, -0.05) is 23.2 Å². The summed E-state index contributed by atoms with van der Waals surface area (Å²) in [4.78, 5) is 19.6. The number of hydrogen-bond acceptors (Lipinski definition) is 4. The molecule has 0 aliphatic carbocycles. The van der Waals surface area contributed by atoms with Gasteiger partial charge in [-0.25, -0.2) is 9.97 Å². The minimum absolute atomic E-state index is 0.135. The molecule has 0 atom stereocenters. The summed E-state index contributed by atoms with van der Waals surface area (Å²) < 4.78 is 4.91. The van der Waals surface area contributed by atoms with E-state index in [-0.39, 0.29) is 17.5 Å². The average molecular weight is 285 g/mol. The summed E-state index contributed by atoms with van der Waals surface area (Å²) in [6.07, 6.45) is 0.135. The van der Waals surface area contributed by atoms with E-state index < -0.39 is 0 Å². The van der Waals surface area contributed by atoms with Gasteiger partial charge in [0, 0.05) is 5.39 Å². The number of ether oxygens (including phenoxy) is 1. The van der Waals surface area contributed by atoms with Crippen molar-refractivity contribution in [3.05, 3.63) is 34.1 Å². The normalized spacial score (nSPS) is 10.6. The maximum absolute atomic E-state index is 11.5. The zero-order chi connectivity index (χ0) is 13.1. The molecule has 0 aromatic carbocycles. The van der Waals surface area contributed by atoms with E-state index in [2.05, 4.69) is 9.97 Å². The lowest BCUT2D eigenvalue weighted by molar-refractivity contribution is -0.142. The van der Waals surface area contributed by atoms with Gasteiger partial charge in [0.05, 0.1) is 13.0 Å². The lowest BCUT2D eigenvalue weighted by Gasteiger charge is -2.06. The number of carbonyl (C=O) groups excluding carboxylic acids is 1. The van der Waals surface area contributed by atoms with Crippen molar-refractivity contribution >= 4 is 40.2 Å². The van der Waals surface area contributed by atoms with Crippen molar-refractivity contribution in [1.82, 2.24) is 9.97 Å². The highest BCUT2D eigenvalue weighted by Crippen LogP contribution is 2.22.